The molecule has 0 fully saturated rings. The van der Waals surface area contributed by atoms with Crippen LogP contribution in [0.25, 0.3) is 0 Å². The Balaban J connectivity index is 2.65. The molecule has 0 unspecified atom stereocenters. The second kappa shape index (κ2) is 8.11. The van der Waals surface area contributed by atoms with Crippen molar-refractivity contribution in [2.45, 2.75) is 11.8 Å². The van der Waals surface area contributed by atoms with Crippen molar-refractivity contribution in [1.82, 2.24) is 4.90 Å². The first-order valence-corrected chi connectivity index (χ1v) is 8.34. The molecule has 0 spiro atoms. The molecule has 7 heteroatoms. The number of benzene rings is 1. The molecule has 1 N–H and O–H groups in total. The lowest BCUT2D eigenvalue weighted by Crippen LogP contribution is -2.29. The first-order chi connectivity index (χ1) is 9.86. The standard InChI is InChI=1S/C14H21NO5S/c1-3-20-9-7-15(2)8-10-21(18,19)13-6-4-5-12(11-13)14(16)17/h4-6,11H,3,7-10H2,1-2H3,(H,16,17). The van der Waals surface area contributed by atoms with Gasteiger partial charge in [0.1, 0.15) is 0 Å². The van der Waals surface area contributed by atoms with E-state index in [1.165, 1.54) is 24.3 Å². The average Bonchev–Trinajstić information content (AvgIpc) is 2.45. The fraction of sp³-hybridized carbons (Fsp3) is 0.500. The van der Waals surface area contributed by atoms with Gasteiger partial charge in [0.2, 0.25) is 0 Å². The zero-order chi connectivity index (χ0) is 15.9. The Kier molecular flexibility index (Phi) is 6.80. The number of carboxylic acids is 1. The van der Waals surface area contributed by atoms with Gasteiger partial charge in [0.05, 0.1) is 22.8 Å². The maximum Gasteiger partial charge on any atom is 0.335 e. The lowest BCUT2D eigenvalue weighted by molar-refractivity contribution is 0.0696. The fourth-order valence-corrected chi connectivity index (χ4v) is 3.07. The predicted octanol–water partition coefficient (Wildman–Crippen LogP) is 1.13. The van der Waals surface area contributed by atoms with E-state index in [1.807, 2.05) is 18.9 Å². The van der Waals surface area contributed by atoms with Gasteiger partial charge in [-0.3, -0.25) is 0 Å². The zero-order valence-electron chi connectivity index (χ0n) is 12.3. The Labute approximate surface area is 125 Å². The summed E-state index contributed by atoms with van der Waals surface area (Å²) >= 11 is 0. The zero-order valence-corrected chi connectivity index (χ0v) is 13.1. The lowest BCUT2D eigenvalue weighted by Gasteiger charge is -2.16. The molecule has 0 atom stereocenters. The van der Waals surface area contributed by atoms with Crippen molar-refractivity contribution in [2.75, 3.05) is 39.1 Å². The molecule has 21 heavy (non-hydrogen) atoms. The molecule has 1 aromatic rings. The number of carbonyl (C=O) groups is 1. The van der Waals surface area contributed by atoms with Gasteiger partial charge in [0.15, 0.2) is 9.84 Å². The van der Waals surface area contributed by atoms with E-state index in [-0.39, 0.29) is 16.2 Å². The SMILES string of the molecule is CCOCCN(C)CCS(=O)(=O)c1cccc(C(=O)O)c1. The van der Waals surface area contributed by atoms with Crippen molar-refractivity contribution in [3.63, 3.8) is 0 Å². The molecule has 0 radical (unpaired) electrons. The summed E-state index contributed by atoms with van der Waals surface area (Å²) in [6, 6.07) is 5.42. The molecule has 0 saturated heterocycles. The number of aromatic carboxylic acids is 1. The second-order valence-corrected chi connectivity index (χ2v) is 6.76. The van der Waals surface area contributed by atoms with Crippen LogP contribution in [0.3, 0.4) is 0 Å². The molecular formula is C14H21NO5S. The van der Waals surface area contributed by atoms with Gasteiger partial charge in [-0.25, -0.2) is 13.2 Å². The molecule has 118 valence electrons. The first-order valence-electron chi connectivity index (χ1n) is 6.69. The molecular weight excluding hydrogens is 294 g/mol. The largest absolute Gasteiger partial charge is 0.478 e. The van der Waals surface area contributed by atoms with Crippen LogP contribution < -0.4 is 0 Å². The molecule has 0 amide bonds. The van der Waals surface area contributed by atoms with Crippen LogP contribution in [0.1, 0.15) is 17.3 Å². The Morgan fingerprint density at radius 1 is 1.33 bits per heavy atom. The molecule has 0 aliphatic rings. The highest BCUT2D eigenvalue weighted by atomic mass is 32.2. The summed E-state index contributed by atoms with van der Waals surface area (Å²) in [5, 5.41) is 8.90. The summed E-state index contributed by atoms with van der Waals surface area (Å²) in [5.41, 5.74) is -0.0271. The first kappa shape index (κ1) is 17.6. The Bertz CT molecular complexity index is 570. The smallest absolute Gasteiger partial charge is 0.335 e. The lowest BCUT2D eigenvalue weighted by atomic mass is 10.2. The van der Waals surface area contributed by atoms with Gasteiger partial charge in [-0.2, -0.15) is 0 Å². The number of ether oxygens (including phenoxy) is 1. The molecule has 1 rings (SSSR count). The molecule has 0 bridgehead atoms. The minimum absolute atomic E-state index is 0.0271. The highest BCUT2D eigenvalue weighted by molar-refractivity contribution is 7.91. The van der Waals surface area contributed by atoms with Crippen molar-refractivity contribution in [3.05, 3.63) is 29.8 Å². The van der Waals surface area contributed by atoms with Crippen molar-refractivity contribution in [1.29, 1.82) is 0 Å². The van der Waals surface area contributed by atoms with Crippen LogP contribution in [0.15, 0.2) is 29.2 Å². The van der Waals surface area contributed by atoms with Gasteiger partial charge >= 0.3 is 5.97 Å². The van der Waals surface area contributed by atoms with Gasteiger partial charge in [0, 0.05) is 19.7 Å². The number of rotatable bonds is 9. The third kappa shape index (κ3) is 5.82. The summed E-state index contributed by atoms with van der Waals surface area (Å²) in [6.07, 6.45) is 0. The van der Waals surface area contributed by atoms with Crippen LogP contribution in [0.5, 0.6) is 0 Å². The van der Waals surface area contributed by atoms with Crippen LogP contribution in [0, 0.1) is 0 Å². The van der Waals surface area contributed by atoms with Gasteiger partial charge in [0.25, 0.3) is 0 Å². The number of hydrogen-bond acceptors (Lipinski definition) is 5. The summed E-state index contributed by atoms with van der Waals surface area (Å²) in [4.78, 5) is 12.8. The van der Waals surface area contributed by atoms with Crippen LogP contribution >= 0.6 is 0 Å². The second-order valence-electron chi connectivity index (χ2n) is 4.65. The number of sulfone groups is 1. The molecule has 0 aliphatic carbocycles. The molecule has 1 aromatic carbocycles. The summed E-state index contributed by atoms with van der Waals surface area (Å²) in [7, 11) is -1.67. The van der Waals surface area contributed by atoms with Crippen LogP contribution in [-0.4, -0.2) is 63.5 Å². The van der Waals surface area contributed by atoms with E-state index in [9.17, 15) is 13.2 Å². The Morgan fingerprint density at radius 2 is 2.05 bits per heavy atom. The van der Waals surface area contributed by atoms with Gasteiger partial charge in [-0.05, 0) is 32.2 Å². The van der Waals surface area contributed by atoms with Gasteiger partial charge in [-0.1, -0.05) is 6.07 Å². The third-order valence-electron chi connectivity index (χ3n) is 3.00. The Morgan fingerprint density at radius 3 is 2.67 bits per heavy atom. The number of likely N-dealkylation sites (N-methyl/N-ethyl adjacent to an activating group) is 1. The highest BCUT2D eigenvalue weighted by Gasteiger charge is 2.17. The Hall–Kier alpha value is -1.44. The third-order valence-corrected chi connectivity index (χ3v) is 4.70. The van der Waals surface area contributed by atoms with E-state index in [4.69, 9.17) is 9.84 Å². The fourth-order valence-electron chi connectivity index (χ4n) is 1.69. The van der Waals surface area contributed by atoms with E-state index in [2.05, 4.69) is 0 Å². The number of nitrogens with zero attached hydrogens (tertiary/aromatic N) is 1. The van der Waals surface area contributed by atoms with Crippen molar-refractivity contribution in [3.8, 4) is 0 Å². The molecule has 6 nitrogen and oxygen atoms in total. The summed E-state index contributed by atoms with van der Waals surface area (Å²) in [5.74, 6) is -1.19. The monoisotopic (exact) mass is 315 g/mol. The molecule has 0 heterocycles. The quantitative estimate of drug-likeness (QED) is 0.688. The van der Waals surface area contributed by atoms with Crippen LogP contribution in [0.4, 0.5) is 0 Å². The predicted molar refractivity (Wildman–Crippen MR) is 79.4 cm³/mol. The number of carboxylic acid groups (broad SMARTS) is 1. The van der Waals surface area contributed by atoms with Crippen LogP contribution in [-0.2, 0) is 14.6 Å². The minimum atomic E-state index is -3.49. The summed E-state index contributed by atoms with van der Waals surface area (Å²) in [6.45, 7) is 4.11. The highest BCUT2D eigenvalue weighted by Crippen LogP contribution is 2.13. The maximum absolute atomic E-state index is 12.2. The van der Waals surface area contributed by atoms with Crippen LogP contribution in [0.2, 0.25) is 0 Å². The maximum atomic E-state index is 12.2. The van der Waals surface area contributed by atoms with Gasteiger partial charge < -0.3 is 14.7 Å². The van der Waals surface area contributed by atoms with E-state index in [0.29, 0.717) is 26.3 Å². The molecule has 0 aliphatic heterocycles. The normalized spacial score (nSPS) is 11.8. The van der Waals surface area contributed by atoms with Crippen molar-refractivity contribution in [2.24, 2.45) is 0 Å². The topological polar surface area (TPSA) is 83.9 Å². The van der Waals surface area contributed by atoms with E-state index in [0.717, 1.165) is 0 Å². The van der Waals surface area contributed by atoms with E-state index >= 15 is 0 Å². The van der Waals surface area contributed by atoms with Crippen molar-refractivity contribution < 1.29 is 23.1 Å². The van der Waals surface area contributed by atoms with Crippen molar-refractivity contribution >= 4 is 15.8 Å². The minimum Gasteiger partial charge on any atom is -0.478 e. The molecule has 0 aromatic heterocycles. The average molecular weight is 315 g/mol. The van der Waals surface area contributed by atoms with E-state index < -0.39 is 15.8 Å². The summed E-state index contributed by atoms with van der Waals surface area (Å²) < 4.78 is 29.6. The van der Waals surface area contributed by atoms with Gasteiger partial charge in [-0.15, -0.1) is 0 Å². The number of hydrogen-bond donors (Lipinski definition) is 1. The molecule has 0 saturated carbocycles. The van der Waals surface area contributed by atoms with E-state index in [1.54, 1.807) is 0 Å².